The summed E-state index contributed by atoms with van der Waals surface area (Å²) in [6.07, 6.45) is 8.69. The van der Waals surface area contributed by atoms with Gasteiger partial charge in [0.15, 0.2) is 0 Å². The number of piperazine rings is 1. The molecule has 3 aromatic rings. The molecule has 1 amide bonds. The van der Waals surface area contributed by atoms with Gasteiger partial charge in [0.1, 0.15) is 5.82 Å². The zero-order chi connectivity index (χ0) is 23.1. The lowest BCUT2D eigenvalue weighted by atomic mass is 9.89. The van der Waals surface area contributed by atoms with Gasteiger partial charge >= 0.3 is 0 Å². The number of aliphatic hydroxyl groups is 1. The number of hydrogen-bond acceptors (Lipinski definition) is 9. The van der Waals surface area contributed by atoms with E-state index in [0.717, 1.165) is 66.2 Å². The fourth-order valence-corrected chi connectivity index (χ4v) is 6.83. The molecule has 1 aliphatic carbocycles. The van der Waals surface area contributed by atoms with Gasteiger partial charge in [-0.3, -0.25) is 4.79 Å². The number of likely N-dealkylation sites (tertiary alicyclic amines) is 1. The molecule has 0 bridgehead atoms. The van der Waals surface area contributed by atoms with Gasteiger partial charge in [-0.1, -0.05) is 12.8 Å². The Balaban J connectivity index is 1.30. The number of hydrogen-bond donors (Lipinski definition) is 3. The number of anilines is 3. The van der Waals surface area contributed by atoms with Crippen molar-refractivity contribution >= 4 is 45.4 Å². The van der Waals surface area contributed by atoms with Crippen LogP contribution < -0.4 is 15.5 Å². The van der Waals surface area contributed by atoms with E-state index in [-0.39, 0.29) is 6.04 Å². The Morgan fingerprint density at radius 1 is 1.15 bits per heavy atom. The van der Waals surface area contributed by atoms with E-state index in [1.54, 1.807) is 16.2 Å². The molecule has 5 heterocycles. The molecule has 178 valence electrons. The Hall–Kier alpha value is -2.82. The first-order valence-corrected chi connectivity index (χ1v) is 12.9. The van der Waals surface area contributed by atoms with Gasteiger partial charge in [-0.25, -0.2) is 15.0 Å². The molecule has 2 saturated heterocycles. The highest BCUT2D eigenvalue weighted by Crippen LogP contribution is 2.48. The molecule has 2 aliphatic heterocycles. The molecule has 3 N–H and O–H groups in total. The highest BCUT2D eigenvalue weighted by atomic mass is 32.1. The molecule has 9 nitrogen and oxygen atoms in total. The van der Waals surface area contributed by atoms with E-state index < -0.39 is 6.10 Å². The number of pyridine rings is 1. The number of rotatable bonds is 6. The normalized spacial score (nSPS) is 23.3. The van der Waals surface area contributed by atoms with E-state index in [2.05, 4.69) is 31.6 Å². The third kappa shape index (κ3) is 3.89. The van der Waals surface area contributed by atoms with Crippen LogP contribution in [-0.2, 0) is 4.79 Å². The monoisotopic (exact) mass is 479 g/mol. The second-order valence-electron chi connectivity index (χ2n) is 9.35. The van der Waals surface area contributed by atoms with Crippen LogP contribution in [0.4, 0.5) is 17.5 Å². The number of fused-ring (bicyclic) bond motifs is 1. The highest BCUT2D eigenvalue weighted by molar-refractivity contribution is 7.19. The third-order valence-electron chi connectivity index (χ3n) is 7.25. The van der Waals surface area contributed by atoms with E-state index in [1.807, 2.05) is 18.5 Å². The van der Waals surface area contributed by atoms with Crippen LogP contribution in [0, 0.1) is 0 Å². The first-order chi connectivity index (χ1) is 16.7. The minimum absolute atomic E-state index is 0.275. The van der Waals surface area contributed by atoms with Crippen LogP contribution in [0.5, 0.6) is 0 Å². The van der Waals surface area contributed by atoms with Crippen LogP contribution in [0.15, 0.2) is 24.5 Å². The number of β-amino-alcohol motifs (C(OH)–C–C–N with tert-alkyl or cyclic N) is 1. The maximum atomic E-state index is 11.5. The smallest absolute Gasteiger partial charge is 0.228 e. The SMILES string of the molecule is O=CN1CC(O)C1c1sc2cnc(Nc3ccc(N4CCNCC4)cn3)nc2c1C1CCCC1. The summed E-state index contributed by atoms with van der Waals surface area (Å²) in [7, 11) is 0. The van der Waals surface area contributed by atoms with E-state index >= 15 is 0 Å². The van der Waals surface area contributed by atoms with E-state index in [9.17, 15) is 9.90 Å². The standard InChI is InChI=1S/C24H29N7O2S/c32-14-31-13-17(33)22(31)23-20(15-3-1-2-4-15)21-18(34-23)12-27-24(29-21)28-19-6-5-16(11-26-19)30-9-7-25-8-10-30/h5-6,11-12,14-15,17,22,25,33H,1-4,7-10,13H2,(H,26,27,28,29). The lowest BCUT2D eigenvalue weighted by Crippen LogP contribution is -2.52. The molecule has 0 radical (unpaired) electrons. The maximum Gasteiger partial charge on any atom is 0.228 e. The fraction of sp³-hybridized carbons (Fsp3) is 0.500. The zero-order valence-corrected chi connectivity index (χ0v) is 19.8. The van der Waals surface area contributed by atoms with Crippen LogP contribution in [0.3, 0.4) is 0 Å². The average Bonchev–Trinajstić information content (AvgIpc) is 3.51. The Kier molecular flexibility index (Phi) is 5.80. The first kappa shape index (κ1) is 21.7. The lowest BCUT2D eigenvalue weighted by Gasteiger charge is -2.43. The molecule has 0 aromatic carbocycles. The Labute approximate surface area is 202 Å². The average molecular weight is 480 g/mol. The number of carbonyl (C=O) groups excluding carboxylic acids is 1. The van der Waals surface area contributed by atoms with Gasteiger partial charge in [0.2, 0.25) is 12.4 Å². The van der Waals surface area contributed by atoms with Crippen LogP contribution in [0.2, 0.25) is 0 Å². The zero-order valence-electron chi connectivity index (χ0n) is 19.0. The molecule has 0 spiro atoms. The summed E-state index contributed by atoms with van der Waals surface area (Å²) in [6, 6.07) is 3.77. The molecule has 3 aromatic heterocycles. The van der Waals surface area contributed by atoms with Crippen molar-refractivity contribution in [2.24, 2.45) is 0 Å². The largest absolute Gasteiger partial charge is 0.389 e. The van der Waals surface area contributed by atoms with Gasteiger partial charge in [0, 0.05) is 37.6 Å². The summed E-state index contributed by atoms with van der Waals surface area (Å²) in [4.78, 5) is 30.6. The van der Waals surface area contributed by atoms with Crippen LogP contribution in [0.25, 0.3) is 10.2 Å². The van der Waals surface area contributed by atoms with Gasteiger partial charge < -0.3 is 25.5 Å². The van der Waals surface area contributed by atoms with Crippen molar-refractivity contribution in [3.05, 3.63) is 35.0 Å². The fourth-order valence-electron chi connectivity index (χ4n) is 5.45. The Bertz CT molecular complexity index is 1170. The molecular weight excluding hydrogens is 450 g/mol. The second kappa shape index (κ2) is 9.09. The molecule has 3 aliphatic rings. The van der Waals surface area contributed by atoms with E-state index in [1.165, 1.54) is 18.4 Å². The number of thiophene rings is 1. The van der Waals surface area contributed by atoms with Gasteiger partial charge in [-0.05, 0) is 36.5 Å². The molecule has 1 saturated carbocycles. The number of nitrogens with zero attached hydrogens (tertiary/aromatic N) is 5. The predicted molar refractivity (Wildman–Crippen MR) is 133 cm³/mol. The molecule has 2 unspecified atom stereocenters. The van der Waals surface area contributed by atoms with Crippen LogP contribution in [0.1, 0.15) is 48.1 Å². The number of aliphatic hydroxyl groups excluding tert-OH is 1. The van der Waals surface area contributed by atoms with Crippen LogP contribution >= 0.6 is 11.3 Å². The lowest BCUT2D eigenvalue weighted by molar-refractivity contribution is -0.136. The summed E-state index contributed by atoms with van der Waals surface area (Å²) in [6.45, 7) is 4.33. The predicted octanol–water partition coefficient (Wildman–Crippen LogP) is 2.77. The quantitative estimate of drug-likeness (QED) is 0.464. The van der Waals surface area contributed by atoms with Gasteiger partial charge in [0.05, 0.1) is 40.4 Å². The third-order valence-corrected chi connectivity index (χ3v) is 8.45. The molecule has 6 rings (SSSR count). The topological polar surface area (TPSA) is 107 Å². The van der Waals surface area contributed by atoms with Gasteiger partial charge in [-0.15, -0.1) is 11.3 Å². The minimum atomic E-state index is -0.526. The summed E-state index contributed by atoms with van der Waals surface area (Å²) >= 11 is 1.61. The first-order valence-electron chi connectivity index (χ1n) is 12.1. The highest BCUT2D eigenvalue weighted by Gasteiger charge is 2.42. The molecule has 34 heavy (non-hydrogen) atoms. The van der Waals surface area contributed by atoms with Crippen molar-refractivity contribution in [1.29, 1.82) is 0 Å². The molecule has 10 heteroatoms. The molecule has 3 fully saturated rings. The van der Waals surface area contributed by atoms with E-state index in [0.29, 0.717) is 24.2 Å². The number of carbonyl (C=O) groups is 1. The van der Waals surface area contributed by atoms with Gasteiger partial charge in [0.25, 0.3) is 0 Å². The van der Waals surface area contributed by atoms with Gasteiger partial charge in [-0.2, -0.15) is 0 Å². The van der Waals surface area contributed by atoms with Crippen molar-refractivity contribution in [3.63, 3.8) is 0 Å². The van der Waals surface area contributed by atoms with Crippen molar-refractivity contribution in [3.8, 4) is 0 Å². The Morgan fingerprint density at radius 3 is 2.68 bits per heavy atom. The summed E-state index contributed by atoms with van der Waals surface area (Å²) in [5.74, 6) is 1.63. The number of nitrogens with one attached hydrogen (secondary N) is 2. The Morgan fingerprint density at radius 2 is 1.97 bits per heavy atom. The van der Waals surface area contributed by atoms with Crippen molar-refractivity contribution in [2.45, 2.75) is 43.7 Å². The molecular formula is C24H29N7O2S. The summed E-state index contributed by atoms with van der Waals surface area (Å²) in [5, 5.41) is 17.1. The maximum absolute atomic E-state index is 11.5. The second-order valence-corrected chi connectivity index (χ2v) is 10.4. The summed E-state index contributed by atoms with van der Waals surface area (Å²) in [5.41, 5.74) is 3.25. The minimum Gasteiger partial charge on any atom is -0.389 e. The van der Waals surface area contributed by atoms with Crippen LogP contribution in [-0.4, -0.2) is 70.2 Å². The van der Waals surface area contributed by atoms with Crippen molar-refractivity contribution in [1.82, 2.24) is 25.2 Å². The number of aromatic nitrogens is 3. The van der Waals surface area contributed by atoms with Crippen molar-refractivity contribution < 1.29 is 9.90 Å². The van der Waals surface area contributed by atoms with E-state index in [4.69, 9.17) is 4.98 Å². The number of amides is 1. The van der Waals surface area contributed by atoms with Crippen molar-refractivity contribution in [2.75, 3.05) is 42.9 Å². The molecule has 2 atom stereocenters. The summed E-state index contributed by atoms with van der Waals surface area (Å²) < 4.78 is 0.995.